The lowest BCUT2D eigenvalue weighted by Crippen LogP contribution is -1.97. The average molecular weight is 356 g/mol. The Hall–Kier alpha value is -2.92. The fourth-order valence-corrected chi connectivity index (χ4v) is 2.78. The van der Waals surface area contributed by atoms with E-state index in [1.165, 1.54) is 12.1 Å². The quantitative estimate of drug-likeness (QED) is 0.512. The number of anilines is 2. The Morgan fingerprint density at radius 3 is 2.52 bits per heavy atom. The molecule has 4 aromatic rings. The zero-order valence-corrected chi connectivity index (χ0v) is 13.6. The molecule has 0 unspecified atom stereocenters. The maximum Gasteiger partial charge on any atom is 0.143 e. The lowest BCUT2D eigenvalue weighted by molar-refractivity contribution is 0.585. The summed E-state index contributed by atoms with van der Waals surface area (Å²) < 4.78 is 29.4. The number of hydrogen-bond acceptors (Lipinski definition) is 2. The van der Waals surface area contributed by atoms with Crippen molar-refractivity contribution in [1.82, 2.24) is 9.38 Å². The molecule has 0 bridgehead atoms. The molecule has 2 aromatic heterocycles. The van der Waals surface area contributed by atoms with Crippen molar-refractivity contribution in [3.05, 3.63) is 83.5 Å². The number of rotatable bonds is 3. The summed E-state index contributed by atoms with van der Waals surface area (Å²) in [6.07, 6.45) is 1.82. The molecular weight excluding hydrogens is 344 g/mol. The highest BCUT2D eigenvalue weighted by molar-refractivity contribution is 6.30. The zero-order chi connectivity index (χ0) is 17.4. The van der Waals surface area contributed by atoms with Crippen molar-refractivity contribution in [3.63, 3.8) is 0 Å². The van der Waals surface area contributed by atoms with Gasteiger partial charge in [-0.2, -0.15) is 0 Å². The van der Waals surface area contributed by atoms with Crippen LogP contribution in [0.2, 0.25) is 5.02 Å². The van der Waals surface area contributed by atoms with Gasteiger partial charge in [0.15, 0.2) is 0 Å². The maximum atomic E-state index is 14.3. The van der Waals surface area contributed by atoms with E-state index in [-0.39, 0.29) is 5.56 Å². The molecule has 2 heterocycles. The molecule has 0 atom stereocenters. The second kappa shape index (κ2) is 6.18. The minimum atomic E-state index is -0.664. The number of imidazole rings is 1. The van der Waals surface area contributed by atoms with Crippen LogP contribution in [-0.4, -0.2) is 9.38 Å². The molecule has 0 saturated heterocycles. The Balaban J connectivity index is 1.90. The first-order valence-electron chi connectivity index (χ1n) is 7.57. The van der Waals surface area contributed by atoms with Crippen LogP contribution in [-0.2, 0) is 0 Å². The van der Waals surface area contributed by atoms with E-state index >= 15 is 0 Å². The molecule has 6 heteroatoms. The van der Waals surface area contributed by atoms with E-state index < -0.39 is 11.6 Å². The first-order chi connectivity index (χ1) is 12.1. The topological polar surface area (TPSA) is 29.3 Å². The van der Waals surface area contributed by atoms with Gasteiger partial charge in [-0.25, -0.2) is 13.8 Å². The van der Waals surface area contributed by atoms with Gasteiger partial charge in [-0.15, -0.1) is 0 Å². The average Bonchev–Trinajstić information content (AvgIpc) is 2.95. The maximum absolute atomic E-state index is 14.3. The summed E-state index contributed by atoms with van der Waals surface area (Å²) in [5.74, 6) is -0.705. The molecule has 1 N–H and O–H groups in total. The monoisotopic (exact) mass is 355 g/mol. The Labute approximate surface area is 147 Å². The summed E-state index contributed by atoms with van der Waals surface area (Å²) in [5.41, 5.74) is 2.05. The largest absolute Gasteiger partial charge is 0.339 e. The fraction of sp³-hybridized carbons (Fsp3) is 0. The van der Waals surface area contributed by atoms with Crippen LogP contribution >= 0.6 is 11.6 Å². The Bertz CT molecular complexity index is 1060. The number of nitrogens with one attached hydrogen (secondary N) is 1. The number of benzene rings is 2. The van der Waals surface area contributed by atoms with Crippen molar-refractivity contribution < 1.29 is 8.78 Å². The molecule has 0 radical (unpaired) electrons. The molecule has 25 heavy (non-hydrogen) atoms. The van der Waals surface area contributed by atoms with Gasteiger partial charge < -0.3 is 5.32 Å². The minimum Gasteiger partial charge on any atom is -0.339 e. The van der Waals surface area contributed by atoms with Crippen molar-refractivity contribution in [1.29, 1.82) is 0 Å². The third-order valence-corrected chi connectivity index (χ3v) is 4.08. The highest BCUT2D eigenvalue weighted by Crippen LogP contribution is 2.33. The number of halogens is 3. The molecule has 0 saturated carbocycles. The molecule has 0 fully saturated rings. The lowest BCUT2D eigenvalue weighted by Gasteiger charge is -2.09. The minimum absolute atomic E-state index is 0.224. The summed E-state index contributed by atoms with van der Waals surface area (Å²) in [5, 5.41) is 3.86. The number of nitrogens with zero attached hydrogens (tertiary/aromatic N) is 2. The van der Waals surface area contributed by atoms with E-state index in [9.17, 15) is 8.78 Å². The standard InChI is InChI=1S/C19H12ClF2N3/c20-12-4-7-14(8-5-12)23-19-18(15-9-6-13(21)11-16(15)22)24-17-3-1-2-10-25(17)19/h1-11,23H. The molecule has 4 rings (SSSR count). The van der Waals surface area contributed by atoms with E-state index in [2.05, 4.69) is 10.3 Å². The third-order valence-electron chi connectivity index (χ3n) is 3.82. The van der Waals surface area contributed by atoms with Crippen LogP contribution in [0.25, 0.3) is 16.9 Å². The van der Waals surface area contributed by atoms with E-state index in [4.69, 9.17) is 11.6 Å². The molecule has 0 aliphatic heterocycles. The second-order valence-electron chi connectivity index (χ2n) is 5.49. The normalized spacial score (nSPS) is 11.0. The van der Waals surface area contributed by atoms with Gasteiger partial charge in [0.1, 0.15) is 28.8 Å². The van der Waals surface area contributed by atoms with E-state index in [1.807, 2.05) is 40.9 Å². The van der Waals surface area contributed by atoms with Gasteiger partial charge in [-0.1, -0.05) is 17.7 Å². The smallest absolute Gasteiger partial charge is 0.143 e. The highest BCUT2D eigenvalue weighted by atomic mass is 35.5. The SMILES string of the molecule is Fc1ccc(-c2nc3ccccn3c2Nc2ccc(Cl)cc2)c(F)c1. The molecule has 124 valence electrons. The van der Waals surface area contributed by atoms with Crippen LogP contribution in [0.4, 0.5) is 20.3 Å². The van der Waals surface area contributed by atoms with Crippen molar-refractivity contribution >= 4 is 28.8 Å². The predicted octanol–water partition coefficient (Wildman–Crippen LogP) is 5.68. The first-order valence-corrected chi connectivity index (χ1v) is 7.95. The predicted molar refractivity (Wildman–Crippen MR) is 95.3 cm³/mol. The van der Waals surface area contributed by atoms with Crippen molar-refractivity contribution in [2.24, 2.45) is 0 Å². The van der Waals surface area contributed by atoms with Gasteiger partial charge in [0.2, 0.25) is 0 Å². The molecule has 2 aromatic carbocycles. The molecule has 0 spiro atoms. The lowest BCUT2D eigenvalue weighted by atomic mass is 10.1. The number of aromatic nitrogens is 2. The Morgan fingerprint density at radius 2 is 1.76 bits per heavy atom. The van der Waals surface area contributed by atoms with Gasteiger partial charge in [0.25, 0.3) is 0 Å². The van der Waals surface area contributed by atoms with Gasteiger partial charge in [0.05, 0.1) is 0 Å². The Kier molecular flexibility index (Phi) is 3.86. The van der Waals surface area contributed by atoms with Crippen LogP contribution in [0, 0.1) is 11.6 Å². The van der Waals surface area contributed by atoms with Gasteiger partial charge in [-0.3, -0.25) is 4.40 Å². The van der Waals surface area contributed by atoms with Crippen molar-refractivity contribution in [2.75, 3.05) is 5.32 Å². The highest BCUT2D eigenvalue weighted by Gasteiger charge is 2.17. The van der Waals surface area contributed by atoms with Crippen molar-refractivity contribution in [3.8, 4) is 11.3 Å². The van der Waals surface area contributed by atoms with Crippen LogP contribution in [0.3, 0.4) is 0 Å². The van der Waals surface area contributed by atoms with Gasteiger partial charge >= 0.3 is 0 Å². The first kappa shape index (κ1) is 15.6. The van der Waals surface area contributed by atoms with E-state index in [0.29, 0.717) is 22.2 Å². The molecule has 0 aliphatic carbocycles. The summed E-state index contributed by atoms with van der Waals surface area (Å²) >= 11 is 5.92. The second-order valence-corrected chi connectivity index (χ2v) is 5.93. The Morgan fingerprint density at radius 1 is 0.960 bits per heavy atom. The van der Waals surface area contributed by atoms with Gasteiger partial charge in [0, 0.05) is 28.5 Å². The van der Waals surface area contributed by atoms with Crippen LogP contribution in [0.5, 0.6) is 0 Å². The zero-order valence-electron chi connectivity index (χ0n) is 12.9. The number of hydrogen-bond donors (Lipinski definition) is 1. The van der Waals surface area contributed by atoms with Crippen LogP contribution < -0.4 is 5.32 Å². The van der Waals surface area contributed by atoms with E-state index in [1.54, 1.807) is 12.1 Å². The fourth-order valence-electron chi connectivity index (χ4n) is 2.65. The third kappa shape index (κ3) is 2.94. The number of fused-ring (bicyclic) bond motifs is 1. The van der Waals surface area contributed by atoms with Crippen LogP contribution in [0.1, 0.15) is 0 Å². The molecule has 3 nitrogen and oxygen atoms in total. The summed E-state index contributed by atoms with van der Waals surface area (Å²) in [4.78, 5) is 4.50. The van der Waals surface area contributed by atoms with E-state index in [0.717, 1.165) is 11.8 Å². The summed E-state index contributed by atoms with van der Waals surface area (Å²) in [6.45, 7) is 0. The molecule has 0 aliphatic rings. The van der Waals surface area contributed by atoms with Gasteiger partial charge in [-0.05, 0) is 48.5 Å². The molecular formula is C19H12ClF2N3. The number of pyridine rings is 1. The van der Waals surface area contributed by atoms with Crippen molar-refractivity contribution in [2.45, 2.75) is 0 Å². The summed E-state index contributed by atoms with van der Waals surface area (Å²) in [7, 11) is 0. The molecule has 0 amide bonds. The summed E-state index contributed by atoms with van der Waals surface area (Å²) in [6, 6.07) is 16.1. The van der Waals surface area contributed by atoms with Crippen LogP contribution in [0.15, 0.2) is 66.9 Å².